The maximum atomic E-state index is 12.7. The van der Waals surface area contributed by atoms with Crippen LogP contribution in [-0.4, -0.2) is 22.6 Å². The first-order valence-corrected chi connectivity index (χ1v) is 8.15. The van der Waals surface area contributed by atoms with E-state index in [1.54, 1.807) is 16.6 Å². The predicted molar refractivity (Wildman–Crippen MR) is 94.5 cm³/mol. The molecule has 3 rings (SSSR count). The Morgan fingerprint density at radius 2 is 2.04 bits per heavy atom. The van der Waals surface area contributed by atoms with Crippen molar-refractivity contribution in [3.8, 4) is 5.88 Å². The van der Waals surface area contributed by atoms with E-state index in [1.807, 2.05) is 13.0 Å². The molecule has 7 nitrogen and oxygen atoms in total. The summed E-state index contributed by atoms with van der Waals surface area (Å²) in [5.74, 6) is 0.0806. The van der Waals surface area contributed by atoms with Gasteiger partial charge in [-0.05, 0) is 18.6 Å². The molecule has 0 saturated heterocycles. The average molecular weight is 381 g/mol. The SMILES string of the molecule is CCc1cc2c(C(=O)Nc3c(Cl)c[n+]([O-])cc3Cl)ccc(OC)n2n1. The molecule has 0 unspecified atom stereocenters. The van der Waals surface area contributed by atoms with Crippen LogP contribution in [0.4, 0.5) is 5.69 Å². The van der Waals surface area contributed by atoms with E-state index >= 15 is 0 Å². The summed E-state index contributed by atoms with van der Waals surface area (Å²) in [4.78, 5) is 12.7. The Bertz CT molecular complexity index is 948. The second-order valence-electron chi connectivity index (χ2n) is 5.22. The third kappa shape index (κ3) is 3.20. The highest BCUT2D eigenvalue weighted by molar-refractivity contribution is 6.39. The molecular formula is C16H14Cl2N4O3. The molecule has 0 bridgehead atoms. The first kappa shape index (κ1) is 17.3. The maximum Gasteiger partial charge on any atom is 0.257 e. The van der Waals surface area contributed by atoms with Crippen LogP contribution >= 0.6 is 23.2 Å². The molecule has 9 heteroatoms. The van der Waals surface area contributed by atoms with Gasteiger partial charge in [-0.3, -0.25) is 4.79 Å². The van der Waals surface area contributed by atoms with Crippen molar-refractivity contribution in [3.05, 3.63) is 57.1 Å². The summed E-state index contributed by atoms with van der Waals surface area (Å²) in [7, 11) is 1.53. The van der Waals surface area contributed by atoms with Gasteiger partial charge in [0.15, 0.2) is 0 Å². The van der Waals surface area contributed by atoms with Crippen molar-refractivity contribution in [3.63, 3.8) is 0 Å². The molecule has 0 aromatic carbocycles. The fraction of sp³-hybridized carbons (Fsp3) is 0.188. The van der Waals surface area contributed by atoms with Gasteiger partial charge in [0.1, 0.15) is 10.0 Å². The van der Waals surface area contributed by atoms with E-state index in [4.69, 9.17) is 27.9 Å². The Morgan fingerprint density at radius 3 is 2.64 bits per heavy atom. The summed E-state index contributed by atoms with van der Waals surface area (Å²) >= 11 is 12.0. The van der Waals surface area contributed by atoms with Gasteiger partial charge in [-0.1, -0.05) is 30.1 Å². The highest BCUT2D eigenvalue weighted by Gasteiger charge is 2.19. The van der Waals surface area contributed by atoms with Gasteiger partial charge in [-0.15, -0.1) is 0 Å². The van der Waals surface area contributed by atoms with E-state index in [-0.39, 0.29) is 15.7 Å². The normalized spacial score (nSPS) is 10.9. The highest BCUT2D eigenvalue weighted by Crippen LogP contribution is 2.29. The van der Waals surface area contributed by atoms with Crippen LogP contribution in [0, 0.1) is 5.21 Å². The van der Waals surface area contributed by atoms with E-state index in [0.29, 0.717) is 28.1 Å². The van der Waals surface area contributed by atoms with Crippen LogP contribution in [0.2, 0.25) is 10.0 Å². The molecule has 0 atom stereocenters. The zero-order valence-corrected chi connectivity index (χ0v) is 14.9. The number of rotatable bonds is 4. The maximum absolute atomic E-state index is 12.7. The number of carbonyl (C=O) groups is 1. The van der Waals surface area contributed by atoms with E-state index in [0.717, 1.165) is 18.1 Å². The van der Waals surface area contributed by atoms with Gasteiger partial charge in [0.25, 0.3) is 5.91 Å². The number of aryl methyl sites for hydroxylation is 1. The minimum atomic E-state index is -0.428. The lowest BCUT2D eigenvalue weighted by Crippen LogP contribution is -2.25. The minimum Gasteiger partial charge on any atom is -0.619 e. The summed E-state index contributed by atoms with van der Waals surface area (Å²) < 4.78 is 7.31. The van der Waals surface area contributed by atoms with Gasteiger partial charge in [0, 0.05) is 6.07 Å². The second-order valence-corrected chi connectivity index (χ2v) is 6.03. The molecule has 0 spiro atoms. The van der Waals surface area contributed by atoms with Crippen molar-refractivity contribution < 1.29 is 14.3 Å². The van der Waals surface area contributed by atoms with Crippen LogP contribution in [0.3, 0.4) is 0 Å². The van der Waals surface area contributed by atoms with Crippen LogP contribution in [0.15, 0.2) is 30.6 Å². The van der Waals surface area contributed by atoms with Crippen molar-refractivity contribution in [1.82, 2.24) is 9.61 Å². The number of ether oxygens (including phenoxy) is 1. The van der Waals surface area contributed by atoms with Crippen LogP contribution in [0.5, 0.6) is 5.88 Å². The summed E-state index contributed by atoms with van der Waals surface area (Å²) in [6, 6.07) is 5.09. The van der Waals surface area contributed by atoms with E-state index in [2.05, 4.69) is 10.4 Å². The number of carbonyl (C=O) groups excluding carboxylic acids is 1. The van der Waals surface area contributed by atoms with E-state index in [9.17, 15) is 10.0 Å². The lowest BCUT2D eigenvalue weighted by molar-refractivity contribution is -0.605. The van der Waals surface area contributed by atoms with Gasteiger partial charge < -0.3 is 15.3 Å². The number of methoxy groups -OCH3 is 1. The van der Waals surface area contributed by atoms with Gasteiger partial charge in [0.2, 0.25) is 18.3 Å². The molecule has 25 heavy (non-hydrogen) atoms. The molecule has 0 aliphatic rings. The number of anilines is 1. The number of nitrogens with one attached hydrogen (secondary N) is 1. The van der Waals surface area contributed by atoms with Crippen LogP contribution in [0.25, 0.3) is 5.52 Å². The summed E-state index contributed by atoms with van der Waals surface area (Å²) in [5.41, 5.74) is 1.96. The molecule has 0 aliphatic heterocycles. The van der Waals surface area contributed by atoms with E-state index < -0.39 is 5.91 Å². The number of hydrogen-bond acceptors (Lipinski definition) is 4. The molecule has 1 N–H and O–H groups in total. The lowest BCUT2D eigenvalue weighted by atomic mass is 10.2. The average Bonchev–Trinajstić information content (AvgIpc) is 3.01. The Hall–Kier alpha value is -2.51. The number of pyridine rings is 2. The zero-order chi connectivity index (χ0) is 18.1. The van der Waals surface area contributed by atoms with Gasteiger partial charge in [-0.25, -0.2) is 4.52 Å². The summed E-state index contributed by atoms with van der Waals surface area (Å²) in [5, 5.41) is 18.5. The molecular weight excluding hydrogens is 367 g/mol. The standard InChI is InChI=1S/C16H14Cl2N4O3/c1-3-9-6-13-10(4-5-14(25-2)22(13)20-9)16(23)19-15-11(17)7-21(24)8-12(15)18/h4-8H,3H2,1-2H3,(H,19,23). The number of amides is 1. The number of nitrogens with zero attached hydrogens (tertiary/aromatic N) is 3. The Morgan fingerprint density at radius 1 is 1.36 bits per heavy atom. The Balaban J connectivity index is 2.05. The van der Waals surface area contributed by atoms with Crippen molar-refractivity contribution in [2.24, 2.45) is 0 Å². The van der Waals surface area contributed by atoms with Gasteiger partial charge in [-0.2, -0.15) is 9.83 Å². The van der Waals surface area contributed by atoms with Crippen LogP contribution in [0.1, 0.15) is 23.0 Å². The molecule has 0 radical (unpaired) electrons. The number of halogens is 2. The van der Waals surface area contributed by atoms with Crippen molar-refractivity contribution >= 4 is 40.3 Å². The van der Waals surface area contributed by atoms with Crippen LogP contribution in [-0.2, 0) is 6.42 Å². The first-order chi connectivity index (χ1) is 11.9. The highest BCUT2D eigenvalue weighted by atomic mass is 35.5. The zero-order valence-electron chi connectivity index (χ0n) is 13.4. The van der Waals surface area contributed by atoms with Crippen LogP contribution < -0.4 is 14.8 Å². The third-order valence-electron chi connectivity index (χ3n) is 3.65. The number of aromatic nitrogens is 3. The lowest BCUT2D eigenvalue weighted by Gasteiger charge is -2.11. The summed E-state index contributed by atoms with van der Waals surface area (Å²) in [6.07, 6.45) is 2.94. The second kappa shape index (κ2) is 6.78. The monoisotopic (exact) mass is 380 g/mol. The van der Waals surface area contributed by atoms with Crippen molar-refractivity contribution in [1.29, 1.82) is 0 Å². The molecule has 1 amide bonds. The number of hydrogen-bond donors (Lipinski definition) is 1. The molecule has 0 aliphatic carbocycles. The Labute approximate surface area is 153 Å². The third-order valence-corrected chi connectivity index (χ3v) is 4.22. The molecule has 0 saturated carbocycles. The largest absolute Gasteiger partial charge is 0.619 e. The number of fused-ring (bicyclic) bond motifs is 1. The molecule has 3 heterocycles. The van der Waals surface area contributed by atoms with Gasteiger partial charge >= 0.3 is 0 Å². The first-order valence-electron chi connectivity index (χ1n) is 7.39. The van der Waals surface area contributed by atoms with Crippen molar-refractivity contribution in [2.45, 2.75) is 13.3 Å². The smallest absolute Gasteiger partial charge is 0.257 e. The quantitative estimate of drug-likeness (QED) is 0.556. The topological polar surface area (TPSA) is 82.6 Å². The minimum absolute atomic E-state index is 0.0446. The predicted octanol–water partition coefficient (Wildman–Crippen LogP) is 3.10. The van der Waals surface area contributed by atoms with Crippen molar-refractivity contribution in [2.75, 3.05) is 12.4 Å². The fourth-order valence-electron chi connectivity index (χ4n) is 2.42. The summed E-state index contributed by atoms with van der Waals surface area (Å²) in [6.45, 7) is 1.97. The molecule has 3 aromatic rings. The molecule has 130 valence electrons. The Kier molecular flexibility index (Phi) is 4.69. The van der Waals surface area contributed by atoms with Gasteiger partial charge in [0.05, 0.1) is 29.6 Å². The van der Waals surface area contributed by atoms with E-state index in [1.165, 1.54) is 7.11 Å². The molecule has 3 aromatic heterocycles. The fourth-order valence-corrected chi connectivity index (χ4v) is 2.96. The molecule has 0 fully saturated rings.